The van der Waals surface area contributed by atoms with Crippen molar-refractivity contribution in [3.63, 3.8) is 0 Å². The van der Waals surface area contributed by atoms with E-state index >= 15 is 0 Å². The van der Waals surface area contributed by atoms with Crippen molar-refractivity contribution in [1.82, 2.24) is 0 Å². The van der Waals surface area contributed by atoms with E-state index in [2.05, 4.69) is 84.6 Å². The molecule has 0 aromatic heterocycles. The number of aryl methyl sites for hydroxylation is 1. The van der Waals surface area contributed by atoms with Crippen LogP contribution in [-0.4, -0.2) is 16.5 Å². The molecule has 0 amide bonds. The van der Waals surface area contributed by atoms with Gasteiger partial charge in [-0.25, -0.2) is 0 Å². The first kappa shape index (κ1) is 15.0. The van der Waals surface area contributed by atoms with E-state index in [1.165, 1.54) is 15.7 Å². The molecule has 4 heteroatoms. The number of rotatable bonds is 3. The summed E-state index contributed by atoms with van der Waals surface area (Å²) in [6.07, 6.45) is 0. The second-order valence-electron chi connectivity index (χ2n) is 6.63. The Morgan fingerprint density at radius 2 is 1.41 bits per heavy atom. The van der Waals surface area contributed by atoms with Crippen LogP contribution in [0.1, 0.15) is 5.56 Å². The quantitative estimate of drug-likeness (QED) is 0.686. The van der Waals surface area contributed by atoms with Crippen LogP contribution < -0.4 is 4.23 Å². The van der Waals surface area contributed by atoms with Gasteiger partial charge in [0, 0.05) is 10.2 Å². The Balaban J connectivity index is 3.34. The molecule has 0 saturated carbocycles. The number of anilines is 1. The van der Waals surface area contributed by atoms with E-state index in [1.54, 1.807) is 0 Å². The monoisotopic (exact) mass is 329 g/mol. The van der Waals surface area contributed by atoms with Gasteiger partial charge in [0.2, 0.25) is 0 Å². The Bertz CT molecular complexity index is 391. The van der Waals surface area contributed by atoms with Gasteiger partial charge in [-0.05, 0) is 40.5 Å². The summed E-state index contributed by atoms with van der Waals surface area (Å²) in [6, 6.07) is 6.71. The van der Waals surface area contributed by atoms with Crippen molar-refractivity contribution in [3.05, 3.63) is 28.2 Å². The molecule has 0 bridgehead atoms. The van der Waals surface area contributed by atoms with Crippen LogP contribution in [0.25, 0.3) is 0 Å². The van der Waals surface area contributed by atoms with Crippen LogP contribution in [0.2, 0.25) is 39.3 Å². The molecule has 0 spiro atoms. The molecule has 17 heavy (non-hydrogen) atoms. The second kappa shape index (κ2) is 4.90. The van der Waals surface area contributed by atoms with Crippen LogP contribution >= 0.6 is 15.9 Å². The summed E-state index contributed by atoms with van der Waals surface area (Å²) in [5, 5.41) is 0. The molecular formula is C13H24BrNSi2. The molecule has 1 rings (SSSR count). The van der Waals surface area contributed by atoms with Crippen LogP contribution in [0.3, 0.4) is 0 Å². The molecule has 0 aliphatic heterocycles. The van der Waals surface area contributed by atoms with Crippen LogP contribution in [0.15, 0.2) is 22.7 Å². The van der Waals surface area contributed by atoms with Gasteiger partial charge < -0.3 is 4.23 Å². The highest BCUT2D eigenvalue weighted by atomic mass is 79.9. The topological polar surface area (TPSA) is 3.24 Å². The van der Waals surface area contributed by atoms with Gasteiger partial charge in [0.1, 0.15) is 16.5 Å². The predicted molar refractivity (Wildman–Crippen MR) is 88.1 cm³/mol. The number of halogens is 1. The summed E-state index contributed by atoms with van der Waals surface area (Å²) in [4.78, 5) is 0. The summed E-state index contributed by atoms with van der Waals surface area (Å²) in [5.74, 6) is 0. The Hall–Kier alpha value is -0.0662. The van der Waals surface area contributed by atoms with E-state index in [0.717, 1.165) is 0 Å². The lowest BCUT2D eigenvalue weighted by atomic mass is 10.2. The first-order chi connectivity index (χ1) is 7.53. The minimum atomic E-state index is -1.35. The van der Waals surface area contributed by atoms with Gasteiger partial charge in [-0.3, -0.25) is 0 Å². The maximum atomic E-state index is 3.74. The third kappa shape index (κ3) is 3.70. The van der Waals surface area contributed by atoms with Gasteiger partial charge in [0.25, 0.3) is 0 Å². The molecule has 0 aliphatic carbocycles. The fourth-order valence-corrected chi connectivity index (χ4v) is 13.4. The fourth-order valence-electron chi connectivity index (χ4n) is 2.52. The minimum Gasteiger partial charge on any atom is -0.424 e. The Morgan fingerprint density at radius 1 is 0.941 bits per heavy atom. The minimum absolute atomic E-state index is 1.24. The van der Waals surface area contributed by atoms with Crippen molar-refractivity contribution in [2.75, 3.05) is 4.23 Å². The molecule has 0 saturated heterocycles. The van der Waals surface area contributed by atoms with Gasteiger partial charge in [-0.2, -0.15) is 0 Å². The molecule has 0 heterocycles. The SMILES string of the molecule is Cc1ccc(N([Si](C)(C)C)[Si](C)(C)C)c(Br)c1. The summed E-state index contributed by atoms with van der Waals surface area (Å²) in [6.45, 7) is 16.7. The normalized spacial score (nSPS) is 12.7. The summed E-state index contributed by atoms with van der Waals surface area (Å²) >= 11 is 3.74. The van der Waals surface area contributed by atoms with Crippen LogP contribution in [0.4, 0.5) is 5.69 Å². The first-order valence-corrected chi connectivity index (χ1v) is 13.8. The number of hydrogen-bond donors (Lipinski definition) is 0. The molecule has 0 atom stereocenters. The van der Waals surface area contributed by atoms with Gasteiger partial charge in [-0.15, -0.1) is 0 Å². The molecule has 0 unspecified atom stereocenters. The second-order valence-corrected chi connectivity index (χ2v) is 17.5. The summed E-state index contributed by atoms with van der Waals surface area (Å²) < 4.78 is 3.98. The van der Waals surface area contributed by atoms with Crippen molar-refractivity contribution in [2.45, 2.75) is 46.2 Å². The lowest BCUT2D eigenvalue weighted by Crippen LogP contribution is -2.59. The van der Waals surface area contributed by atoms with E-state index < -0.39 is 16.5 Å². The van der Waals surface area contributed by atoms with E-state index in [-0.39, 0.29) is 0 Å². The fraction of sp³-hybridized carbons (Fsp3) is 0.538. The molecule has 96 valence electrons. The standard InChI is InChI=1S/C13H24BrNSi2/c1-11-8-9-13(12(14)10-11)15(16(2,3)4)17(5,6)7/h8-10H,1-7H3. The Labute approximate surface area is 117 Å². The molecule has 1 nitrogen and oxygen atoms in total. The lowest BCUT2D eigenvalue weighted by Gasteiger charge is -2.46. The number of nitrogens with zero attached hydrogens (tertiary/aromatic N) is 1. The highest BCUT2D eigenvalue weighted by Crippen LogP contribution is 2.34. The van der Waals surface area contributed by atoms with Gasteiger partial charge in [-0.1, -0.05) is 45.3 Å². The Morgan fingerprint density at radius 3 is 1.76 bits per heavy atom. The maximum absolute atomic E-state index is 3.74. The number of hydrogen-bond acceptors (Lipinski definition) is 1. The zero-order chi connectivity index (χ0) is 13.4. The number of benzene rings is 1. The average Bonchev–Trinajstić information content (AvgIpc) is 2.04. The Kier molecular flexibility index (Phi) is 4.32. The van der Waals surface area contributed by atoms with E-state index in [9.17, 15) is 0 Å². The molecule has 0 radical (unpaired) electrons. The largest absolute Gasteiger partial charge is 0.424 e. The molecule has 0 N–H and O–H groups in total. The van der Waals surface area contributed by atoms with Crippen molar-refractivity contribution >= 4 is 38.1 Å². The smallest absolute Gasteiger partial charge is 0.138 e. The highest BCUT2D eigenvalue weighted by molar-refractivity contribution is 9.10. The molecule has 0 fully saturated rings. The van der Waals surface area contributed by atoms with Crippen LogP contribution in [0, 0.1) is 6.92 Å². The van der Waals surface area contributed by atoms with Crippen LogP contribution in [0.5, 0.6) is 0 Å². The molecule has 1 aromatic rings. The predicted octanol–water partition coefficient (Wildman–Crippen LogP) is 5.23. The van der Waals surface area contributed by atoms with E-state index in [0.29, 0.717) is 0 Å². The van der Waals surface area contributed by atoms with Crippen molar-refractivity contribution in [3.8, 4) is 0 Å². The average molecular weight is 330 g/mol. The van der Waals surface area contributed by atoms with Crippen molar-refractivity contribution in [1.29, 1.82) is 0 Å². The maximum Gasteiger partial charge on any atom is 0.138 e. The molecule has 1 aromatic carbocycles. The van der Waals surface area contributed by atoms with Crippen molar-refractivity contribution in [2.24, 2.45) is 0 Å². The van der Waals surface area contributed by atoms with Gasteiger partial charge in [0.15, 0.2) is 0 Å². The zero-order valence-corrected chi connectivity index (χ0v) is 15.6. The van der Waals surface area contributed by atoms with Crippen molar-refractivity contribution < 1.29 is 0 Å². The zero-order valence-electron chi connectivity index (χ0n) is 12.1. The molecular weight excluding hydrogens is 306 g/mol. The van der Waals surface area contributed by atoms with E-state index in [1.807, 2.05) is 0 Å². The summed E-state index contributed by atoms with van der Waals surface area (Å²) in [7, 11) is -2.69. The van der Waals surface area contributed by atoms with Gasteiger partial charge >= 0.3 is 0 Å². The highest BCUT2D eigenvalue weighted by Gasteiger charge is 2.35. The van der Waals surface area contributed by atoms with E-state index in [4.69, 9.17) is 0 Å². The third-order valence-corrected chi connectivity index (χ3v) is 10.5. The van der Waals surface area contributed by atoms with Gasteiger partial charge in [0.05, 0.1) is 0 Å². The third-order valence-electron chi connectivity index (χ3n) is 2.69. The molecule has 0 aliphatic rings. The summed E-state index contributed by atoms with van der Waals surface area (Å²) in [5.41, 5.74) is 2.70. The lowest BCUT2D eigenvalue weighted by molar-refractivity contribution is 1.32. The first-order valence-electron chi connectivity index (χ1n) is 6.10. The van der Waals surface area contributed by atoms with Crippen LogP contribution in [-0.2, 0) is 0 Å².